The Kier molecular flexibility index (Phi) is 4.51. The first kappa shape index (κ1) is 12.7. The largest absolute Gasteiger partial charge is 0.480 e. The summed E-state index contributed by atoms with van der Waals surface area (Å²) in [6, 6.07) is -1.82. The molecule has 1 aliphatic rings. The van der Waals surface area contributed by atoms with Crippen molar-refractivity contribution >= 4 is 12.0 Å². The number of carbonyl (C=O) groups is 2. The number of carboxylic acids is 1. The van der Waals surface area contributed by atoms with E-state index in [0.29, 0.717) is 13.2 Å². The standard InChI is InChI=1S/C9H16N2O5/c1-11(6-2-3-16-5-6)9(15)10-7(4-12)8(13)14/h6-7,12H,2-5H2,1H3,(H,10,15)(H,13,14)/t6?,7-/m1/s1. The highest BCUT2D eigenvalue weighted by Crippen LogP contribution is 2.10. The minimum Gasteiger partial charge on any atom is -0.480 e. The van der Waals surface area contributed by atoms with Gasteiger partial charge in [0, 0.05) is 13.7 Å². The van der Waals surface area contributed by atoms with Crippen molar-refractivity contribution in [2.75, 3.05) is 26.9 Å². The fraction of sp³-hybridized carbons (Fsp3) is 0.778. The Bertz CT molecular complexity index is 265. The molecule has 0 aliphatic carbocycles. The number of hydrogen-bond donors (Lipinski definition) is 3. The second-order valence-corrected chi connectivity index (χ2v) is 3.65. The van der Waals surface area contributed by atoms with E-state index < -0.39 is 24.6 Å². The van der Waals surface area contributed by atoms with Crippen molar-refractivity contribution in [3.8, 4) is 0 Å². The van der Waals surface area contributed by atoms with Crippen LogP contribution in [-0.4, -0.2) is 66.1 Å². The van der Waals surface area contributed by atoms with Crippen molar-refractivity contribution < 1.29 is 24.5 Å². The molecule has 2 amide bonds. The number of urea groups is 1. The van der Waals surface area contributed by atoms with Crippen LogP contribution in [0.4, 0.5) is 4.79 Å². The summed E-state index contributed by atoms with van der Waals surface area (Å²) in [5, 5.41) is 19.6. The van der Waals surface area contributed by atoms with Gasteiger partial charge in [-0.05, 0) is 6.42 Å². The normalized spacial score (nSPS) is 21.5. The van der Waals surface area contributed by atoms with Gasteiger partial charge in [0.05, 0.1) is 19.3 Å². The lowest BCUT2D eigenvalue weighted by atomic mass is 10.2. The van der Waals surface area contributed by atoms with Gasteiger partial charge in [0.1, 0.15) is 0 Å². The molecule has 0 aromatic rings. The summed E-state index contributed by atoms with van der Waals surface area (Å²) in [7, 11) is 1.57. The summed E-state index contributed by atoms with van der Waals surface area (Å²) in [5.41, 5.74) is 0. The quantitative estimate of drug-likeness (QED) is 0.569. The maximum atomic E-state index is 11.6. The Morgan fingerprint density at radius 2 is 2.31 bits per heavy atom. The number of aliphatic hydroxyl groups is 1. The molecule has 92 valence electrons. The van der Waals surface area contributed by atoms with Gasteiger partial charge in [-0.2, -0.15) is 0 Å². The Morgan fingerprint density at radius 1 is 1.62 bits per heavy atom. The highest BCUT2D eigenvalue weighted by atomic mass is 16.5. The first-order valence-electron chi connectivity index (χ1n) is 5.01. The van der Waals surface area contributed by atoms with E-state index in [9.17, 15) is 9.59 Å². The van der Waals surface area contributed by atoms with Crippen LogP contribution in [0.15, 0.2) is 0 Å². The Labute approximate surface area is 93.0 Å². The van der Waals surface area contributed by atoms with E-state index >= 15 is 0 Å². The molecule has 7 heteroatoms. The minimum atomic E-state index is -1.27. The van der Waals surface area contributed by atoms with Gasteiger partial charge in [-0.1, -0.05) is 0 Å². The Morgan fingerprint density at radius 3 is 2.75 bits per heavy atom. The maximum absolute atomic E-state index is 11.6. The van der Waals surface area contributed by atoms with Crippen LogP contribution in [0.2, 0.25) is 0 Å². The molecule has 0 aromatic heterocycles. The highest BCUT2D eigenvalue weighted by Gasteiger charge is 2.27. The van der Waals surface area contributed by atoms with Crippen molar-refractivity contribution in [1.29, 1.82) is 0 Å². The van der Waals surface area contributed by atoms with Crippen LogP contribution in [0.1, 0.15) is 6.42 Å². The van der Waals surface area contributed by atoms with Gasteiger partial charge < -0.3 is 25.2 Å². The number of nitrogens with zero attached hydrogens (tertiary/aromatic N) is 1. The zero-order valence-corrected chi connectivity index (χ0v) is 9.05. The summed E-state index contributed by atoms with van der Waals surface area (Å²) in [6.45, 7) is 0.432. The van der Waals surface area contributed by atoms with Crippen LogP contribution in [0.3, 0.4) is 0 Å². The Balaban J connectivity index is 2.46. The number of ether oxygens (including phenoxy) is 1. The zero-order chi connectivity index (χ0) is 12.1. The fourth-order valence-corrected chi connectivity index (χ4v) is 1.43. The molecule has 1 saturated heterocycles. The predicted octanol–water partition coefficient (Wildman–Crippen LogP) is -1.14. The van der Waals surface area contributed by atoms with E-state index in [-0.39, 0.29) is 6.04 Å². The number of aliphatic hydroxyl groups excluding tert-OH is 1. The SMILES string of the molecule is CN(C(=O)N[C@H](CO)C(=O)O)C1CCOC1. The van der Waals surface area contributed by atoms with Gasteiger partial charge in [0.25, 0.3) is 0 Å². The van der Waals surface area contributed by atoms with Crippen LogP contribution in [0.5, 0.6) is 0 Å². The lowest BCUT2D eigenvalue weighted by molar-refractivity contribution is -0.140. The van der Waals surface area contributed by atoms with Crippen LogP contribution >= 0.6 is 0 Å². The minimum absolute atomic E-state index is 0.0341. The molecule has 0 saturated carbocycles. The molecule has 7 nitrogen and oxygen atoms in total. The monoisotopic (exact) mass is 232 g/mol. The second kappa shape index (κ2) is 5.66. The number of aliphatic carboxylic acids is 1. The molecule has 1 rings (SSSR count). The lowest BCUT2D eigenvalue weighted by Crippen LogP contribution is -2.51. The van der Waals surface area contributed by atoms with E-state index in [1.54, 1.807) is 7.05 Å². The first-order chi connectivity index (χ1) is 7.56. The van der Waals surface area contributed by atoms with Gasteiger partial charge in [-0.25, -0.2) is 9.59 Å². The van der Waals surface area contributed by atoms with Crippen LogP contribution in [-0.2, 0) is 9.53 Å². The summed E-state index contributed by atoms with van der Waals surface area (Å²) in [4.78, 5) is 23.6. The number of rotatable bonds is 4. The van der Waals surface area contributed by atoms with Crippen LogP contribution in [0, 0.1) is 0 Å². The number of hydrogen-bond acceptors (Lipinski definition) is 4. The van der Waals surface area contributed by atoms with E-state index in [1.807, 2.05) is 0 Å². The maximum Gasteiger partial charge on any atom is 0.328 e. The second-order valence-electron chi connectivity index (χ2n) is 3.65. The van der Waals surface area contributed by atoms with Crippen LogP contribution < -0.4 is 5.32 Å². The molecule has 2 atom stereocenters. The molecule has 0 bridgehead atoms. The van der Waals surface area contributed by atoms with Crippen LogP contribution in [0.25, 0.3) is 0 Å². The lowest BCUT2D eigenvalue weighted by Gasteiger charge is -2.25. The molecule has 0 aromatic carbocycles. The third-order valence-corrected chi connectivity index (χ3v) is 2.55. The average molecular weight is 232 g/mol. The highest BCUT2D eigenvalue weighted by molar-refractivity contribution is 5.82. The molecule has 1 heterocycles. The predicted molar refractivity (Wildman–Crippen MR) is 54.0 cm³/mol. The fourth-order valence-electron chi connectivity index (χ4n) is 1.43. The molecule has 0 spiro atoms. The van der Waals surface area contributed by atoms with E-state index in [2.05, 4.69) is 5.32 Å². The summed E-state index contributed by atoms with van der Waals surface area (Å²) < 4.78 is 5.12. The number of carboxylic acid groups (broad SMARTS) is 1. The Hall–Kier alpha value is -1.34. The third kappa shape index (κ3) is 3.07. The summed E-state index contributed by atoms with van der Waals surface area (Å²) >= 11 is 0. The molecular weight excluding hydrogens is 216 g/mol. The van der Waals surface area contributed by atoms with Crippen molar-refractivity contribution in [3.63, 3.8) is 0 Å². The average Bonchev–Trinajstić information content (AvgIpc) is 2.77. The third-order valence-electron chi connectivity index (χ3n) is 2.55. The van der Waals surface area contributed by atoms with Gasteiger partial charge >= 0.3 is 12.0 Å². The first-order valence-corrected chi connectivity index (χ1v) is 5.01. The number of amides is 2. The van der Waals surface area contributed by atoms with Crippen molar-refractivity contribution in [2.45, 2.75) is 18.5 Å². The van der Waals surface area contributed by atoms with E-state index in [0.717, 1.165) is 6.42 Å². The van der Waals surface area contributed by atoms with Gasteiger partial charge in [-0.3, -0.25) is 0 Å². The zero-order valence-electron chi connectivity index (χ0n) is 9.05. The molecule has 1 aliphatic heterocycles. The smallest absolute Gasteiger partial charge is 0.328 e. The van der Waals surface area contributed by atoms with Crippen molar-refractivity contribution in [2.24, 2.45) is 0 Å². The molecule has 0 radical (unpaired) electrons. The van der Waals surface area contributed by atoms with Crippen molar-refractivity contribution in [3.05, 3.63) is 0 Å². The molecule has 3 N–H and O–H groups in total. The topological polar surface area (TPSA) is 99.1 Å². The number of likely N-dealkylation sites (N-methyl/N-ethyl adjacent to an activating group) is 1. The molecule has 16 heavy (non-hydrogen) atoms. The summed E-state index contributed by atoms with van der Waals surface area (Å²) in [6.07, 6.45) is 0.737. The number of nitrogens with one attached hydrogen (secondary N) is 1. The van der Waals surface area contributed by atoms with E-state index in [1.165, 1.54) is 4.90 Å². The summed E-state index contributed by atoms with van der Waals surface area (Å²) in [5.74, 6) is -1.26. The molecule has 1 fully saturated rings. The molecular formula is C9H16N2O5. The molecule has 1 unspecified atom stereocenters. The van der Waals surface area contributed by atoms with Crippen molar-refractivity contribution in [1.82, 2.24) is 10.2 Å². The number of carbonyl (C=O) groups excluding carboxylic acids is 1. The van der Waals surface area contributed by atoms with Gasteiger partial charge in [0.15, 0.2) is 6.04 Å². The van der Waals surface area contributed by atoms with Gasteiger partial charge in [0.2, 0.25) is 0 Å². The van der Waals surface area contributed by atoms with Gasteiger partial charge in [-0.15, -0.1) is 0 Å². The van der Waals surface area contributed by atoms with E-state index in [4.69, 9.17) is 14.9 Å².